The van der Waals surface area contributed by atoms with Gasteiger partial charge in [0.05, 0.1) is 11.6 Å². The fraction of sp³-hybridized carbons (Fsp3) is 0.0667. The molecule has 80 valence electrons. The molecule has 3 rings (SSSR count). The number of carbonyl (C=O) groups excluding carboxylic acids is 1. The summed E-state index contributed by atoms with van der Waals surface area (Å²) in [7, 11) is 0. The fourth-order valence-corrected chi connectivity index (χ4v) is 2.39. The Morgan fingerprint density at radius 1 is 1.06 bits per heavy atom. The van der Waals surface area contributed by atoms with Crippen molar-refractivity contribution < 1.29 is 4.79 Å². The Kier molecular flexibility index (Phi) is 1.90. The predicted octanol–water partition coefficient (Wildman–Crippen LogP) is 3.08. The van der Waals surface area contributed by atoms with E-state index in [1.54, 1.807) is 0 Å². The van der Waals surface area contributed by atoms with E-state index < -0.39 is 0 Å². The standard InChI is InChI=1S/C15H9NO/c1-9-6-10(8-16)14-11-4-2-3-5-12(11)15(17)13(14)7-9/h2-7H,1H3. The van der Waals surface area contributed by atoms with E-state index in [0.717, 1.165) is 16.7 Å². The topological polar surface area (TPSA) is 40.9 Å². The van der Waals surface area contributed by atoms with Gasteiger partial charge in [-0.1, -0.05) is 24.3 Å². The Balaban J connectivity index is 2.45. The second-order valence-electron chi connectivity index (χ2n) is 4.22. The van der Waals surface area contributed by atoms with Crippen LogP contribution in [0, 0.1) is 18.3 Å². The minimum atomic E-state index is 0.0239. The number of nitrogens with zero attached hydrogens (tertiary/aromatic N) is 1. The molecule has 0 spiro atoms. The summed E-state index contributed by atoms with van der Waals surface area (Å²) in [6.07, 6.45) is 0. The van der Waals surface area contributed by atoms with Gasteiger partial charge in [0.2, 0.25) is 0 Å². The molecule has 0 saturated carbocycles. The molecule has 2 heteroatoms. The molecule has 0 heterocycles. The van der Waals surface area contributed by atoms with E-state index in [4.69, 9.17) is 0 Å². The Bertz CT molecular complexity index is 693. The maximum absolute atomic E-state index is 12.2. The van der Waals surface area contributed by atoms with Gasteiger partial charge in [0, 0.05) is 16.7 Å². The number of benzene rings is 2. The van der Waals surface area contributed by atoms with E-state index in [1.165, 1.54) is 0 Å². The van der Waals surface area contributed by atoms with E-state index in [1.807, 2.05) is 43.3 Å². The van der Waals surface area contributed by atoms with Crippen LogP contribution in [0.2, 0.25) is 0 Å². The monoisotopic (exact) mass is 219 g/mol. The lowest BCUT2D eigenvalue weighted by Gasteiger charge is -2.03. The number of carbonyl (C=O) groups is 1. The molecule has 2 aromatic rings. The van der Waals surface area contributed by atoms with Crippen molar-refractivity contribution in [2.75, 3.05) is 0 Å². The van der Waals surface area contributed by atoms with Crippen molar-refractivity contribution in [3.8, 4) is 17.2 Å². The third-order valence-electron chi connectivity index (χ3n) is 3.09. The van der Waals surface area contributed by atoms with E-state index in [-0.39, 0.29) is 5.78 Å². The van der Waals surface area contributed by atoms with Gasteiger partial charge >= 0.3 is 0 Å². The quantitative estimate of drug-likeness (QED) is 0.583. The van der Waals surface area contributed by atoms with Crippen molar-refractivity contribution in [3.63, 3.8) is 0 Å². The first-order valence-electron chi connectivity index (χ1n) is 5.41. The third kappa shape index (κ3) is 1.23. The first kappa shape index (κ1) is 9.80. The molecule has 0 fully saturated rings. The molecule has 0 N–H and O–H groups in total. The number of aryl methyl sites for hydroxylation is 1. The fourth-order valence-electron chi connectivity index (χ4n) is 2.39. The van der Waals surface area contributed by atoms with Crippen molar-refractivity contribution in [1.82, 2.24) is 0 Å². The minimum absolute atomic E-state index is 0.0239. The van der Waals surface area contributed by atoms with Crippen LogP contribution in [0.4, 0.5) is 0 Å². The Morgan fingerprint density at radius 2 is 1.76 bits per heavy atom. The van der Waals surface area contributed by atoms with Crippen LogP contribution in [0.1, 0.15) is 27.0 Å². The molecule has 2 nitrogen and oxygen atoms in total. The van der Waals surface area contributed by atoms with Crippen molar-refractivity contribution >= 4 is 5.78 Å². The van der Waals surface area contributed by atoms with Crippen LogP contribution in [0.15, 0.2) is 36.4 Å². The molecule has 0 atom stereocenters. The first-order chi connectivity index (χ1) is 8.22. The van der Waals surface area contributed by atoms with Gasteiger partial charge in [0.25, 0.3) is 0 Å². The normalized spacial score (nSPS) is 11.9. The molecule has 17 heavy (non-hydrogen) atoms. The number of nitriles is 1. The lowest BCUT2D eigenvalue weighted by atomic mass is 9.98. The van der Waals surface area contributed by atoms with Crippen LogP contribution >= 0.6 is 0 Å². The molecule has 0 aromatic heterocycles. The van der Waals surface area contributed by atoms with Crippen LogP contribution in [0.25, 0.3) is 11.1 Å². The third-order valence-corrected chi connectivity index (χ3v) is 3.09. The number of hydrogen-bond donors (Lipinski definition) is 0. The second-order valence-corrected chi connectivity index (χ2v) is 4.22. The van der Waals surface area contributed by atoms with Crippen LogP contribution in [-0.2, 0) is 0 Å². The van der Waals surface area contributed by atoms with Gasteiger partial charge in [-0.3, -0.25) is 4.79 Å². The average Bonchev–Trinajstić information content (AvgIpc) is 2.63. The summed E-state index contributed by atoms with van der Waals surface area (Å²) in [5.41, 5.74) is 4.55. The Labute approximate surface area is 99.1 Å². The van der Waals surface area contributed by atoms with Gasteiger partial charge in [-0.05, 0) is 30.2 Å². The highest BCUT2D eigenvalue weighted by molar-refractivity contribution is 6.22. The molecule has 2 aromatic carbocycles. The van der Waals surface area contributed by atoms with E-state index in [2.05, 4.69) is 6.07 Å². The molecule has 0 aliphatic heterocycles. The van der Waals surface area contributed by atoms with Crippen molar-refractivity contribution in [2.45, 2.75) is 6.92 Å². The maximum atomic E-state index is 12.2. The molecular formula is C15H9NO. The summed E-state index contributed by atoms with van der Waals surface area (Å²) in [5.74, 6) is 0.0239. The van der Waals surface area contributed by atoms with Gasteiger partial charge < -0.3 is 0 Å². The number of rotatable bonds is 0. The zero-order valence-corrected chi connectivity index (χ0v) is 9.32. The van der Waals surface area contributed by atoms with Crippen molar-refractivity contribution in [3.05, 3.63) is 58.7 Å². The van der Waals surface area contributed by atoms with Gasteiger partial charge in [-0.25, -0.2) is 0 Å². The van der Waals surface area contributed by atoms with Gasteiger partial charge in [0.1, 0.15) is 0 Å². The van der Waals surface area contributed by atoms with E-state index in [0.29, 0.717) is 16.7 Å². The second kappa shape index (κ2) is 3.29. The van der Waals surface area contributed by atoms with Crippen molar-refractivity contribution in [2.24, 2.45) is 0 Å². The lowest BCUT2D eigenvalue weighted by molar-refractivity contribution is 0.104. The van der Waals surface area contributed by atoms with Gasteiger partial charge in [-0.2, -0.15) is 5.26 Å². The average molecular weight is 219 g/mol. The molecule has 0 saturated heterocycles. The van der Waals surface area contributed by atoms with E-state index >= 15 is 0 Å². The number of fused-ring (bicyclic) bond motifs is 3. The van der Waals surface area contributed by atoms with E-state index in [9.17, 15) is 10.1 Å². The summed E-state index contributed by atoms with van der Waals surface area (Å²) in [4.78, 5) is 12.2. The summed E-state index contributed by atoms with van der Waals surface area (Å²) in [6, 6.07) is 13.3. The molecule has 0 amide bonds. The SMILES string of the molecule is Cc1cc(C#N)c2c(c1)C(=O)c1ccccc1-2. The number of hydrogen-bond acceptors (Lipinski definition) is 2. The van der Waals surface area contributed by atoms with Crippen LogP contribution in [0.3, 0.4) is 0 Å². The molecule has 0 unspecified atom stereocenters. The molecule has 1 aliphatic rings. The summed E-state index contributed by atoms with van der Waals surface area (Å²) >= 11 is 0. The summed E-state index contributed by atoms with van der Waals surface area (Å²) in [6.45, 7) is 1.90. The summed E-state index contributed by atoms with van der Waals surface area (Å²) in [5, 5.41) is 9.18. The lowest BCUT2D eigenvalue weighted by Crippen LogP contribution is -1.96. The zero-order valence-electron chi connectivity index (χ0n) is 9.32. The first-order valence-corrected chi connectivity index (χ1v) is 5.41. The number of ketones is 1. The predicted molar refractivity (Wildman–Crippen MR) is 64.8 cm³/mol. The van der Waals surface area contributed by atoms with Gasteiger partial charge in [-0.15, -0.1) is 0 Å². The summed E-state index contributed by atoms with van der Waals surface area (Å²) < 4.78 is 0. The molecular weight excluding hydrogens is 210 g/mol. The largest absolute Gasteiger partial charge is 0.289 e. The van der Waals surface area contributed by atoms with Crippen LogP contribution in [0.5, 0.6) is 0 Å². The molecule has 0 radical (unpaired) electrons. The highest BCUT2D eigenvalue weighted by Crippen LogP contribution is 2.39. The van der Waals surface area contributed by atoms with Gasteiger partial charge in [0.15, 0.2) is 5.78 Å². The van der Waals surface area contributed by atoms with Crippen molar-refractivity contribution in [1.29, 1.82) is 5.26 Å². The minimum Gasteiger partial charge on any atom is -0.289 e. The Hall–Kier alpha value is -2.40. The van der Waals surface area contributed by atoms with Crippen LogP contribution in [-0.4, -0.2) is 5.78 Å². The molecule has 0 bridgehead atoms. The molecule has 1 aliphatic carbocycles. The zero-order chi connectivity index (χ0) is 12.0. The maximum Gasteiger partial charge on any atom is 0.194 e. The smallest absolute Gasteiger partial charge is 0.194 e. The Morgan fingerprint density at radius 3 is 2.47 bits per heavy atom. The highest BCUT2D eigenvalue weighted by atomic mass is 16.1. The van der Waals surface area contributed by atoms with Crippen LogP contribution < -0.4 is 0 Å². The highest BCUT2D eigenvalue weighted by Gasteiger charge is 2.28.